The lowest BCUT2D eigenvalue weighted by molar-refractivity contribution is -0.133. The zero-order chi connectivity index (χ0) is 20.7. The number of hydrogen-bond donors (Lipinski definition) is 2. The first kappa shape index (κ1) is 21.3. The van der Waals surface area contributed by atoms with Gasteiger partial charge in [0.05, 0.1) is 0 Å². The van der Waals surface area contributed by atoms with E-state index in [-0.39, 0.29) is 12.0 Å². The van der Waals surface area contributed by atoms with Gasteiger partial charge in [-0.05, 0) is 49.1 Å². The van der Waals surface area contributed by atoms with Crippen molar-refractivity contribution < 1.29 is 19.1 Å². The fourth-order valence-corrected chi connectivity index (χ4v) is 2.34. The minimum atomic E-state index is -0.765. The number of carbonyl (C=O) groups excluding carboxylic acids is 2. The van der Waals surface area contributed by atoms with E-state index in [2.05, 4.69) is 31.6 Å². The molecule has 1 atom stereocenters. The van der Waals surface area contributed by atoms with Crippen LogP contribution >= 0.6 is 0 Å². The van der Waals surface area contributed by atoms with Gasteiger partial charge in [-0.25, -0.2) is 0 Å². The highest BCUT2D eigenvalue weighted by molar-refractivity contribution is 5.85. The molecule has 0 fully saturated rings. The van der Waals surface area contributed by atoms with Gasteiger partial charge in [0, 0.05) is 0 Å². The first-order valence-corrected chi connectivity index (χ1v) is 9.20. The minimum Gasteiger partial charge on any atom is -0.484 e. The second kappa shape index (κ2) is 9.26. The number of ether oxygens (including phenoxy) is 2. The largest absolute Gasteiger partial charge is 0.484 e. The van der Waals surface area contributed by atoms with Crippen LogP contribution in [0.3, 0.4) is 0 Å². The van der Waals surface area contributed by atoms with Crippen molar-refractivity contribution in [2.24, 2.45) is 0 Å². The Morgan fingerprint density at radius 3 is 2.07 bits per heavy atom. The van der Waals surface area contributed by atoms with Crippen molar-refractivity contribution in [3.05, 3.63) is 59.7 Å². The van der Waals surface area contributed by atoms with Gasteiger partial charge in [-0.2, -0.15) is 0 Å². The second-order valence-corrected chi connectivity index (χ2v) is 7.67. The normalized spacial score (nSPS) is 12.0. The van der Waals surface area contributed by atoms with Crippen LogP contribution in [0.4, 0.5) is 0 Å². The SMILES string of the molecule is Cc1ccc(OCC(=O)NNC(=O)C(C)Oc2ccc(C(C)(C)C)cc2)cc1. The summed E-state index contributed by atoms with van der Waals surface area (Å²) in [5.41, 5.74) is 6.99. The van der Waals surface area contributed by atoms with Crippen molar-refractivity contribution in [2.45, 2.75) is 46.1 Å². The van der Waals surface area contributed by atoms with Crippen molar-refractivity contribution in [3.8, 4) is 11.5 Å². The molecule has 1 unspecified atom stereocenters. The summed E-state index contributed by atoms with van der Waals surface area (Å²) in [5, 5.41) is 0. The highest BCUT2D eigenvalue weighted by Gasteiger charge is 2.17. The predicted octanol–water partition coefficient (Wildman–Crippen LogP) is 3.29. The molecule has 2 N–H and O–H groups in total. The van der Waals surface area contributed by atoms with E-state index in [1.54, 1.807) is 19.1 Å². The van der Waals surface area contributed by atoms with Gasteiger partial charge in [0.25, 0.3) is 11.8 Å². The van der Waals surface area contributed by atoms with Crippen LogP contribution in [0, 0.1) is 6.92 Å². The van der Waals surface area contributed by atoms with Gasteiger partial charge in [0.15, 0.2) is 12.7 Å². The topological polar surface area (TPSA) is 76.7 Å². The average Bonchev–Trinajstić information content (AvgIpc) is 2.65. The van der Waals surface area contributed by atoms with E-state index in [1.165, 1.54) is 5.56 Å². The molecule has 0 aliphatic carbocycles. The molecular weight excluding hydrogens is 356 g/mol. The molecule has 2 rings (SSSR count). The third-order valence-corrected chi connectivity index (χ3v) is 4.12. The molecule has 0 heterocycles. The summed E-state index contributed by atoms with van der Waals surface area (Å²) in [6, 6.07) is 15.0. The van der Waals surface area contributed by atoms with Crippen LogP contribution in [0.15, 0.2) is 48.5 Å². The number of hydrogen-bond acceptors (Lipinski definition) is 4. The Hall–Kier alpha value is -3.02. The number of hydrazine groups is 1. The third kappa shape index (κ3) is 6.61. The van der Waals surface area contributed by atoms with Gasteiger partial charge in [0.2, 0.25) is 0 Å². The fraction of sp³-hybridized carbons (Fsp3) is 0.364. The number of rotatable bonds is 6. The third-order valence-electron chi connectivity index (χ3n) is 4.12. The van der Waals surface area contributed by atoms with Crippen LogP contribution in [-0.4, -0.2) is 24.5 Å². The van der Waals surface area contributed by atoms with E-state index in [0.29, 0.717) is 11.5 Å². The first-order chi connectivity index (χ1) is 13.1. The average molecular weight is 384 g/mol. The molecule has 0 aliphatic heterocycles. The molecule has 6 nitrogen and oxygen atoms in total. The summed E-state index contributed by atoms with van der Waals surface area (Å²) in [7, 11) is 0. The number of benzene rings is 2. The molecule has 2 amide bonds. The van der Waals surface area contributed by atoms with Crippen molar-refractivity contribution >= 4 is 11.8 Å². The Kier molecular flexibility index (Phi) is 7.04. The molecule has 0 aliphatic rings. The molecule has 0 saturated carbocycles. The summed E-state index contributed by atoms with van der Waals surface area (Å²) in [6.45, 7) is 9.77. The second-order valence-electron chi connectivity index (χ2n) is 7.67. The van der Waals surface area contributed by atoms with Crippen LogP contribution in [0.5, 0.6) is 11.5 Å². The summed E-state index contributed by atoms with van der Waals surface area (Å²) in [6.07, 6.45) is -0.765. The lowest BCUT2D eigenvalue weighted by Gasteiger charge is -2.20. The molecular formula is C22H28N2O4. The summed E-state index contributed by atoms with van der Waals surface area (Å²) < 4.78 is 11.0. The van der Waals surface area contributed by atoms with Crippen LogP contribution in [0.2, 0.25) is 0 Å². The number of amides is 2. The number of nitrogens with one attached hydrogen (secondary N) is 2. The van der Waals surface area contributed by atoms with E-state index in [1.807, 2.05) is 43.3 Å². The smallest absolute Gasteiger partial charge is 0.279 e. The highest BCUT2D eigenvalue weighted by atomic mass is 16.5. The maximum atomic E-state index is 12.1. The van der Waals surface area contributed by atoms with Gasteiger partial charge in [0.1, 0.15) is 11.5 Å². The summed E-state index contributed by atoms with van der Waals surface area (Å²) >= 11 is 0. The molecule has 0 radical (unpaired) electrons. The van der Waals surface area contributed by atoms with Crippen molar-refractivity contribution in [2.75, 3.05) is 6.61 Å². The first-order valence-electron chi connectivity index (χ1n) is 9.20. The van der Waals surface area contributed by atoms with E-state index in [4.69, 9.17) is 9.47 Å². The molecule has 0 saturated heterocycles. The Labute approximate surface area is 166 Å². The van der Waals surface area contributed by atoms with Crippen molar-refractivity contribution in [1.29, 1.82) is 0 Å². The Morgan fingerprint density at radius 2 is 1.50 bits per heavy atom. The van der Waals surface area contributed by atoms with Crippen LogP contribution in [0.1, 0.15) is 38.8 Å². The monoisotopic (exact) mass is 384 g/mol. The van der Waals surface area contributed by atoms with Crippen molar-refractivity contribution in [1.82, 2.24) is 10.9 Å². The number of carbonyl (C=O) groups is 2. The zero-order valence-corrected chi connectivity index (χ0v) is 17.0. The van der Waals surface area contributed by atoms with Gasteiger partial charge in [-0.1, -0.05) is 50.6 Å². The molecule has 2 aromatic rings. The molecule has 0 spiro atoms. The fourth-order valence-electron chi connectivity index (χ4n) is 2.34. The van der Waals surface area contributed by atoms with E-state index in [9.17, 15) is 9.59 Å². The van der Waals surface area contributed by atoms with Crippen LogP contribution in [0.25, 0.3) is 0 Å². The van der Waals surface area contributed by atoms with Gasteiger partial charge in [-0.3, -0.25) is 20.4 Å². The lowest BCUT2D eigenvalue weighted by Crippen LogP contribution is -2.48. The van der Waals surface area contributed by atoms with Crippen LogP contribution in [-0.2, 0) is 15.0 Å². The van der Waals surface area contributed by atoms with Gasteiger partial charge < -0.3 is 9.47 Å². The highest BCUT2D eigenvalue weighted by Crippen LogP contribution is 2.24. The van der Waals surface area contributed by atoms with E-state index < -0.39 is 17.9 Å². The lowest BCUT2D eigenvalue weighted by atomic mass is 9.87. The van der Waals surface area contributed by atoms with E-state index >= 15 is 0 Å². The van der Waals surface area contributed by atoms with Crippen molar-refractivity contribution in [3.63, 3.8) is 0 Å². The number of aryl methyl sites for hydroxylation is 1. The van der Waals surface area contributed by atoms with Gasteiger partial charge in [-0.15, -0.1) is 0 Å². The molecule has 0 bridgehead atoms. The predicted molar refractivity (Wildman–Crippen MR) is 108 cm³/mol. The summed E-state index contributed by atoms with van der Waals surface area (Å²) in [5.74, 6) is 0.256. The molecule has 28 heavy (non-hydrogen) atoms. The minimum absolute atomic E-state index is 0.0481. The van der Waals surface area contributed by atoms with E-state index in [0.717, 1.165) is 5.56 Å². The Morgan fingerprint density at radius 1 is 0.929 bits per heavy atom. The zero-order valence-electron chi connectivity index (χ0n) is 17.0. The maximum absolute atomic E-state index is 12.1. The molecule has 6 heteroatoms. The Bertz CT molecular complexity index is 793. The Balaban J connectivity index is 1.75. The maximum Gasteiger partial charge on any atom is 0.279 e. The summed E-state index contributed by atoms with van der Waals surface area (Å²) in [4.78, 5) is 23.9. The van der Waals surface area contributed by atoms with Crippen LogP contribution < -0.4 is 20.3 Å². The molecule has 0 aromatic heterocycles. The molecule has 150 valence electrons. The quantitative estimate of drug-likeness (QED) is 0.750. The standard InChI is InChI=1S/C22H28N2O4/c1-15-6-10-18(11-7-15)27-14-20(25)23-24-21(26)16(2)28-19-12-8-17(9-13-19)22(3,4)5/h6-13,16H,14H2,1-5H3,(H,23,25)(H,24,26). The van der Waals surface area contributed by atoms with Gasteiger partial charge >= 0.3 is 0 Å². The molecule has 2 aromatic carbocycles.